The predicted molar refractivity (Wildman–Crippen MR) is 273 cm³/mol. The number of para-hydroxylation sites is 5. The van der Waals surface area contributed by atoms with Crippen LogP contribution in [-0.2, 0) is 0 Å². The van der Waals surface area contributed by atoms with Crippen molar-refractivity contribution >= 4 is 94.2 Å². The highest BCUT2D eigenvalue weighted by molar-refractivity contribution is 7.20. The first-order valence-corrected chi connectivity index (χ1v) is 24.1. The van der Waals surface area contributed by atoms with E-state index >= 15 is 0 Å². The highest BCUT2D eigenvalue weighted by atomic mass is 28.3. The number of fused-ring (bicyclic) bond motifs is 9. The van der Waals surface area contributed by atoms with Gasteiger partial charge in [0.05, 0.1) is 44.5 Å². The summed E-state index contributed by atoms with van der Waals surface area (Å²) in [5.74, 6) is 0. The lowest BCUT2D eigenvalue weighted by Crippen LogP contribution is -2.74. The van der Waals surface area contributed by atoms with Crippen molar-refractivity contribution in [1.29, 1.82) is 0 Å². The molecule has 3 heterocycles. The third kappa shape index (κ3) is 5.21. The fourth-order valence-electron chi connectivity index (χ4n) is 11.0. The summed E-state index contributed by atoms with van der Waals surface area (Å²) in [6, 6.07) is 92.2. The van der Waals surface area contributed by atoms with E-state index in [0.717, 1.165) is 22.6 Å². The summed E-state index contributed by atoms with van der Waals surface area (Å²) in [7, 11) is -2.78. The second-order valence-electron chi connectivity index (χ2n) is 16.8. The molecule has 0 aliphatic carbocycles. The maximum Gasteiger partial charge on any atom is 0.179 e. The predicted octanol–water partition coefficient (Wildman–Crippen LogP) is 12.4. The summed E-state index contributed by atoms with van der Waals surface area (Å²) in [5.41, 5.74) is 10.5. The highest BCUT2D eigenvalue weighted by Gasteiger charge is 2.41. The Morgan fingerprint density at radius 2 is 0.656 bits per heavy atom. The summed E-state index contributed by atoms with van der Waals surface area (Å²) in [4.78, 5) is 0. The Kier molecular flexibility index (Phi) is 8.23. The molecule has 10 aromatic carbocycles. The number of hydrogen-bond acceptors (Lipinski definition) is 0. The zero-order valence-corrected chi connectivity index (χ0v) is 36.0. The largest absolute Gasteiger partial charge is 0.309 e. The molecule has 0 saturated carbocycles. The number of nitrogens with zero attached hydrogens (tertiary/aromatic N) is 3. The summed E-state index contributed by atoms with van der Waals surface area (Å²) >= 11 is 0. The molecule has 0 unspecified atom stereocenters. The van der Waals surface area contributed by atoms with Crippen LogP contribution in [0, 0.1) is 0 Å². The van der Waals surface area contributed by atoms with Crippen molar-refractivity contribution in [2.75, 3.05) is 0 Å². The van der Waals surface area contributed by atoms with Gasteiger partial charge in [0.2, 0.25) is 0 Å². The highest BCUT2D eigenvalue weighted by Crippen LogP contribution is 2.43. The molecular weight excluding hydrogens is 791 g/mol. The van der Waals surface area contributed by atoms with Crippen molar-refractivity contribution in [3.63, 3.8) is 0 Å². The topological polar surface area (TPSA) is 14.8 Å². The molecule has 0 bridgehead atoms. The van der Waals surface area contributed by atoms with Crippen molar-refractivity contribution in [2.24, 2.45) is 0 Å². The number of rotatable bonds is 7. The van der Waals surface area contributed by atoms with Crippen molar-refractivity contribution in [3.8, 4) is 17.1 Å². The monoisotopic (exact) mass is 831 g/mol. The standard InChI is InChI=1S/C60H41N3Si/c1-5-21-42(22-6-1)61-56-36-20-37-57(59(56)50-32-19-38-58(60(50)61)63-52-33-16-13-29-47(52)48-30-14-17-34-53(48)63)62-54-35-18-15-31-49(54)51-41-46(39-40-55(51)62)64(43-23-7-2-8-24-43,44-25-9-3-10-26-44)45-27-11-4-12-28-45/h1-41H. The molecule has 0 amide bonds. The average Bonchev–Trinajstić information content (AvgIpc) is 4.01. The van der Waals surface area contributed by atoms with Crippen LogP contribution in [0.15, 0.2) is 249 Å². The minimum Gasteiger partial charge on any atom is -0.309 e. The molecule has 0 saturated heterocycles. The molecule has 0 N–H and O–H groups in total. The zero-order valence-electron chi connectivity index (χ0n) is 35.0. The van der Waals surface area contributed by atoms with Gasteiger partial charge < -0.3 is 13.7 Å². The Morgan fingerprint density at radius 3 is 1.22 bits per heavy atom. The van der Waals surface area contributed by atoms with E-state index < -0.39 is 8.07 Å². The first-order chi connectivity index (χ1) is 31.8. The lowest BCUT2D eigenvalue weighted by Gasteiger charge is -2.34. The second-order valence-corrected chi connectivity index (χ2v) is 20.6. The Balaban J connectivity index is 1.13. The van der Waals surface area contributed by atoms with Gasteiger partial charge in [0.1, 0.15) is 0 Å². The maximum atomic E-state index is 2.53. The van der Waals surface area contributed by atoms with Gasteiger partial charge in [-0.05, 0) is 75.3 Å². The quantitative estimate of drug-likeness (QED) is 0.112. The van der Waals surface area contributed by atoms with Gasteiger partial charge in [-0.15, -0.1) is 0 Å². The third-order valence-electron chi connectivity index (χ3n) is 13.6. The van der Waals surface area contributed by atoms with Gasteiger partial charge in [-0.3, -0.25) is 0 Å². The third-order valence-corrected chi connectivity index (χ3v) is 18.3. The molecule has 64 heavy (non-hydrogen) atoms. The van der Waals surface area contributed by atoms with Crippen molar-refractivity contribution < 1.29 is 0 Å². The van der Waals surface area contributed by atoms with E-state index in [1.54, 1.807) is 0 Å². The number of hydrogen-bond donors (Lipinski definition) is 0. The fraction of sp³-hybridized carbons (Fsp3) is 0. The van der Waals surface area contributed by atoms with Crippen LogP contribution in [0.5, 0.6) is 0 Å². The number of benzene rings is 10. The minimum absolute atomic E-state index is 1.13. The van der Waals surface area contributed by atoms with E-state index in [4.69, 9.17) is 0 Å². The van der Waals surface area contributed by atoms with E-state index in [1.165, 1.54) is 80.6 Å². The lowest BCUT2D eigenvalue weighted by molar-refractivity contribution is 1.13. The van der Waals surface area contributed by atoms with Gasteiger partial charge in [-0.2, -0.15) is 0 Å². The smallest absolute Gasteiger partial charge is 0.179 e. The van der Waals surface area contributed by atoms with Crippen LogP contribution in [0.2, 0.25) is 0 Å². The second kappa shape index (κ2) is 14.5. The van der Waals surface area contributed by atoms with E-state index in [-0.39, 0.29) is 0 Å². The van der Waals surface area contributed by atoms with Crippen LogP contribution < -0.4 is 20.7 Å². The van der Waals surface area contributed by atoms with Gasteiger partial charge in [-0.1, -0.05) is 194 Å². The summed E-state index contributed by atoms with van der Waals surface area (Å²) in [6.45, 7) is 0. The molecule has 0 aliphatic heterocycles. The van der Waals surface area contributed by atoms with Gasteiger partial charge in [0.15, 0.2) is 8.07 Å². The molecular formula is C60H41N3Si. The van der Waals surface area contributed by atoms with Crippen molar-refractivity contribution in [3.05, 3.63) is 249 Å². The zero-order chi connectivity index (χ0) is 42.2. The molecule has 4 heteroatoms. The van der Waals surface area contributed by atoms with Crippen LogP contribution in [0.4, 0.5) is 0 Å². The van der Waals surface area contributed by atoms with Gasteiger partial charge in [0.25, 0.3) is 0 Å². The summed E-state index contributed by atoms with van der Waals surface area (Å²) < 4.78 is 7.48. The molecule has 300 valence electrons. The lowest BCUT2D eigenvalue weighted by atomic mass is 10.1. The molecule has 0 spiro atoms. The molecule has 0 aliphatic rings. The first-order valence-electron chi connectivity index (χ1n) is 22.1. The van der Waals surface area contributed by atoms with Crippen LogP contribution in [0.1, 0.15) is 0 Å². The Hall–Kier alpha value is -8.18. The molecule has 3 aromatic heterocycles. The fourth-order valence-corrected chi connectivity index (χ4v) is 15.8. The Bertz CT molecular complexity index is 3730. The van der Waals surface area contributed by atoms with E-state index in [2.05, 4.69) is 262 Å². The van der Waals surface area contributed by atoms with Gasteiger partial charge in [0, 0.05) is 38.0 Å². The van der Waals surface area contributed by atoms with Crippen LogP contribution >= 0.6 is 0 Å². The SMILES string of the molecule is c1ccc(-n2c3cccc(-n4c5ccccc5c5cc([Si](c6ccccc6)(c6ccccc6)c6ccccc6)ccc54)c3c3cccc(-n4c5ccccc5c5ccccc54)c32)cc1. The van der Waals surface area contributed by atoms with E-state index in [9.17, 15) is 0 Å². The Labute approximate surface area is 372 Å². The molecule has 0 atom stereocenters. The summed E-state index contributed by atoms with van der Waals surface area (Å²) in [5, 5.41) is 12.9. The molecule has 13 rings (SSSR count). The Morgan fingerprint density at radius 1 is 0.250 bits per heavy atom. The van der Waals surface area contributed by atoms with Crippen molar-refractivity contribution in [1.82, 2.24) is 13.7 Å². The van der Waals surface area contributed by atoms with Gasteiger partial charge >= 0.3 is 0 Å². The van der Waals surface area contributed by atoms with Crippen LogP contribution in [0.25, 0.3) is 82.5 Å². The normalized spacial score (nSPS) is 12.1. The van der Waals surface area contributed by atoms with E-state index in [0.29, 0.717) is 0 Å². The molecule has 0 radical (unpaired) electrons. The first kappa shape index (κ1) is 36.5. The average molecular weight is 832 g/mol. The molecule has 13 aromatic rings. The van der Waals surface area contributed by atoms with Gasteiger partial charge in [-0.25, -0.2) is 0 Å². The van der Waals surface area contributed by atoms with E-state index in [1.807, 2.05) is 0 Å². The molecule has 3 nitrogen and oxygen atoms in total. The van der Waals surface area contributed by atoms with Crippen LogP contribution in [0.3, 0.4) is 0 Å². The van der Waals surface area contributed by atoms with Crippen molar-refractivity contribution in [2.45, 2.75) is 0 Å². The summed E-state index contributed by atoms with van der Waals surface area (Å²) in [6.07, 6.45) is 0. The molecule has 0 fully saturated rings. The minimum atomic E-state index is -2.78. The van der Waals surface area contributed by atoms with Crippen LogP contribution in [-0.4, -0.2) is 21.8 Å². The number of aromatic nitrogens is 3. The maximum absolute atomic E-state index is 2.78.